The van der Waals surface area contributed by atoms with Crippen LogP contribution in [0.25, 0.3) is 5.69 Å². The fourth-order valence-electron chi connectivity index (χ4n) is 2.23. The van der Waals surface area contributed by atoms with Gasteiger partial charge in [0.2, 0.25) is 5.82 Å². The number of nitrogens with zero attached hydrogens (tertiary/aromatic N) is 2. The van der Waals surface area contributed by atoms with Gasteiger partial charge in [-0.05, 0) is 36.2 Å². The Balaban J connectivity index is 1.63. The number of aromatic nitrogens is 3. The number of halogens is 1. The number of carbonyl (C=O) groups excluding carboxylic acids is 1. The maximum absolute atomic E-state index is 12.8. The summed E-state index contributed by atoms with van der Waals surface area (Å²) in [7, 11) is 0. The van der Waals surface area contributed by atoms with Gasteiger partial charge < -0.3 is 5.32 Å². The number of benzene rings is 2. The molecule has 0 aliphatic rings. The van der Waals surface area contributed by atoms with Crippen molar-refractivity contribution in [3.8, 4) is 5.69 Å². The summed E-state index contributed by atoms with van der Waals surface area (Å²) in [4.78, 5) is 26.4. The van der Waals surface area contributed by atoms with Crippen LogP contribution in [0.1, 0.15) is 16.2 Å². The lowest BCUT2D eigenvalue weighted by atomic mass is 10.1. The summed E-state index contributed by atoms with van der Waals surface area (Å²) in [6.45, 7) is 0.352. The van der Waals surface area contributed by atoms with Crippen molar-refractivity contribution in [1.82, 2.24) is 20.1 Å². The van der Waals surface area contributed by atoms with Gasteiger partial charge in [0.15, 0.2) is 0 Å². The van der Waals surface area contributed by atoms with Gasteiger partial charge in [0.25, 0.3) is 5.91 Å². The number of amides is 1. The molecule has 24 heavy (non-hydrogen) atoms. The lowest BCUT2D eigenvalue weighted by Crippen LogP contribution is -2.27. The minimum Gasteiger partial charge on any atom is -0.349 e. The van der Waals surface area contributed by atoms with Gasteiger partial charge in [0, 0.05) is 6.54 Å². The lowest BCUT2D eigenvalue weighted by Gasteiger charge is -2.03. The van der Waals surface area contributed by atoms with E-state index in [1.54, 1.807) is 36.4 Å². The molecule has 3 aromatic rings. The molecule has 0 aliphatic heterocycles. The van der Waals surface area contributed by atoms with Crippen molar-refractivity contribution >= 4 is 5.91 Å². The van der Waals surface area contributed by atoms with Crippen molar-refractivity contribution in [1.29, 1.82) is 0 Å². The Morgan fingerprint density at radius 1 is 1.12 bits per heavy atom. The van der Waals surface area contributed by atoms with Crippen LogP contribution in [0, 0.1) is 5.82 Å². The Bertz CT molecular complexity index is 885. The largest absolute Gasteiger partial charge is 0.349 e. The first-order chi connectivity index (χ1) is 11.6. The molecule has 0 bridgehead atoms. The van der Waals surface area contributed by atoms with E-state index in [-0.39, 0.29) is 11.6 Å². The molecule has 2 N–H and O–H groups in total. The third-order valence-electron chi connectivity index (χ3n) is 3.45. The zero-order valence-corrected chi connectivity index (χ0v) is 12.7. The molecule has 0 aliphatic carbocycles. The van der Waals surface area contributed by atoms with Crippen molar-refractivity contribution in [2.24, 2.45) is 0 Å². The van der Waals surface area contributed by atoms with Crippen molar-refractivity contribution < 1.29 is 9.18 Å². The third-order valence-corrected chi connectivity index (χ3v) is 3.45. The second-order valence-corrected chi connectivity index (χ2v) is 5.16. The zero-order chi connectivity index (χ0) is 16.9. The molecule has 0 atom stereocenters. The number of rotatable bonds is 5. The summed E-state index contributed by atoms with van der Waals surface area (Å²) in [5, 5.41) is 6.68. The molecular weight excluding hydrogens is 311 g/mol. The molecule has 1 amide bonds. The molecule has 7 heteroatoms. The molecule has 1 heterocycles. The van der Waals surface area contributed by atoms with Crippen LogP contribution in [-0.2, 0) is 6.42 Å². The van der Waals surface area contributed by atoms with E-state index in [2.05, 4.69) is 15.4 Å². The van der Waals surface area contributed by atoms with E-state index in [1.165, 1.54) is 12.1 Å². The highest BCUT2D eigenvalue weighted by atomic mass is 19.1. The van der Waals surface area contributed by atoms with Crippen LogP contribution < -0.4 is 11.0 Å². The van der Waals surface area contributed by atoms with Crippen molar-refractivity contribution in [2.75, 3.05) is 6.54 Å². The highest BCUT2D eigenvalue weighted by Gasteiger charge is 2.13. The summed E-state index contributed by atoms with van der Waals surface area (Å²) >= 11 is 0. The molecule has 0 radical (unpaired) electrons. The fraction of sp³-hybridized carbons (Fsp3) is 0.118. The van der Waals surface area contributed by atoms with Crippen LogP contribution >= 0.6 is 0 Å². The molecular formula is C17H15FN4O2. The van der Waals surface area contributed by atoms with Crippen molar-refractivity contribution in [3.05, 3.63) is 82.3 Å². The molecule has 0 spiro atoms. The summed E-state index contributed by atoms with van der Waals surface area (Å²) in [6, 6.07) is 14.9. The summed E-state index contributed by atoms with van der Waals surface area (Å²) in [5.74, 6) is -0.821. The van der Waals surface area contributed by atoms with Gasteiger partial charge in [0.1, 0.15) is 5.82 Å². The monoisotopic (exact) mass is 326 g/mol. The minimum atomic E-state index is -0.482. The summed E-state index contributed by atoms with van der Waals surface area (Å²) in [6.07, 6.45) is 0.551. The number of hydrogen-bond donors (Lipinski definition) is 2. The van der Waals surface area contributed by atoms with Crippen LogP contribution in [0.4, 0.5) is 4.39 Å². The molecule has 3 rings (SSSR count). The standard InChI is InChI=1S/C17H15FN4O2/c18-13-8-6-12(7-9-13)10-11-19-16(23)15-20-17(24)22(21-15)14-4-2-1-3-5-14/h1-9H,10-11H2,(H,19,23)(H,20,21,24). The third kappa shape index (κ3) is 3.57. The van der Waals surface area contributed by atoms with E-state index in [9.17, 15) is 14.0 Å². The van der Waals surface area contributed by atoms with Crippen LogP contribution in [0.5, 0.6) is 0 Å². The quantitative estimate of drug-likeness (QED) is 0.748. The van der Waals surface area contributed by atoms with E-state index in [4.69, 9.17) is 0 Å². The molecule has 122 valence electrons. The Morgan fingerprint density at radius 3 is 2.54 bits per heavy atom. The fourth-order valence-corrected chi connectivity index (χ4v) is 2.23. The van der Waals surface area contributed by atoms with Gasteiger partial charge in [-0.2, -0.15) is 4.68 Å². The minimum absolute atomic E-state index is 0.0528. The maximum Gasteiger partial charge on any atom is 0.348 e. The van der Waals surface area contributed by atoms with Crippen molar-refractivity contribution in [2.45, 2.75) is 6.42 Å². The number of para-hydroxylation sites is 1. The first-order valence-electron chi connectivity index (χ1n) is 7.41. The maximum atomic E-state index is 12.8. The molecule has 2 aromatic carbocycles. The van der Waals surface area contributed by atoms with E-state index in [0.29, 0.717) is 18.7 Å². The van der Waals surface area contributed by atoms with Crippen LogP contribution in [0.3, 0.4) is 0 Å². The highest BCUT2D eigenvalue weighted by Crippen LogP contribution is 2.04. The lowest BCUT2D eigenvalue weighted by molar-refractivity contribution is 0.0944. The predicted molar refractivity (Wildman–Crippen MR) is 86.6 cm³/mol. The highest BCUT2D eigenvalue weighted by molar-refractivity contribution is 5.90. The second kappa shape index (κ2) is 6.91. The summed E-state index contributed by atoms with van der Waals surface area (Å²) in [5.41, 5.74) is 0.994. The van der Waals surface area contributed by atoms with Gasteiger partial charge >= 0.3 is 5.69 Å². The first kappa shape index (κ1) is 15.7. The smallest absolute Gasteiger partial charge is 0.348 e. The topological polar surface area (TPSA) is 79.8 Å². The zero-order valence-electron chi connectivity index (χ0n) is 12.7. The number of carbonyl (C=O) groups is 1. The Kier molecular flexibility index (Phi) is 4.51. The molecule has 0 saturated heterocycles. The van der Waals surface area contributed by atoms with Crippen LogP contribution in [0.2, 0.25) is 0 Å². The van der Waals surface area contributed by atoms with E-state index in [1.807, 2.05) is 6.07 Å². The molecule has 0 fully saturated rings. The normalized spacial score (nSPS) is 10.5. The average Bonchev–Trinajstić information content (AvgIpc) is 2.99. The van der Waals surface area contributed by atoms with Gasteiger partial charge in [-0.3, -0.25) is 9.78 Å². The average molecular weight is 326 g/mol. The molecule has 0 unspecified atom stereocenters. The Morgan fingerprint density at radius 2 is 1.83 bits per heavy atom. The predicted octanol–water partition coefficient (Wildman–Crippen LogP) is 1.67. The molecule has 0 saturated carbocycles. The van der Waals surface area contributed by atoms with Gasteiger partial charge in [-0.15, -0.1) is 5.10 Å². The Labute approximate surface area is 137 Å². The van der Waals surface area contributed by atoms with Gasteiger partial charge in [-0.25, -0.2) is 9.18 Å². The van der Waals surface area contributed by atoms with Gasteiger partial charge in [0.05, 0.1) is 5.69 Å². The van der Waals surface area contributed by atoms with Gasteiger partial charge in [-0.1, -0.05) is 30.3 Å². The second-order valence-electron chi connectivity index (χ2n) is 5.16. The number of H-pyrrole nitrogens is 1. The van der Waals surface area contributed by atoms with Crippen molar-refractivity contribution in [3.63, 3.8) is 0 Å². The van der Waals surface area contributed by atoms with E-state index in [0.717, 1.165) is 10.2 Å². The van der Waals surface area contributed by atoms with Crippen LogP contribution in [-0.4, -0.2) is 27.2 Å². The Hall–Kier alpha value is -3.22. The number of nitrogens with one attached hydrogen (secondary N) is 2. The van der Waals surface area contributed by atoms with Crippen LogP contribution in [0.15, 0.2) is 59.4 Å². The van der Waals surface area contributed by atoms with E-state index >= 15 is 0 Å². The number of hydrogen-bond acceptors (Lipinski definition) is 3. The SMILES string of the molecule is O=C(NCCc1ccc(F)cc1)c1nn(-c2ccccc2)c(=O)[nH]1. The first-order valence-corrected chi connectivity index (χ1v) is 7.41. The summed E-state index contributed by atoms with van der Waals surface area (Å²) < 4.78 is 14.0. The van der Waals surface area contributed by atoms with E-state index < -0.39 is 11.6 Å². The molecule has 6 nitrogen and oxygen atoms in total. The number of aromatic amines is 1. The molecule has 1 aromatic heterocycles.